The van der Waals surface area contributed by atoms with Crippen LogP contribution in [0.5, 0.6) is 0 Å². The lowest BCUT2D eigenvalue weighted by atomic mass is 9.83. The quantitative estimate of drug-likeness (QED) is 0.483. The van der Waals surface area contributed by atoms with Gasteiger partial charge in [-0.3, -0.25) is 18.8 Å². The fourth-order valence-electron chi connectivity index (χ4n) is 4.17. The summed E-state index contributed by atoms with van der Waals surface area (Å²) in [5.41, 5.74) is 4.35. The van der Waals surface area contributed by atoms with E-state index in [1.54, 1.807) is 53.1 Å². The molecule has 0 fully saturated rings. The van der Waals surface area contributed by atoms with Crippen molar-refractivity contribution in [3.63, 3.8) is 0 Å². The Morgan fingerprint density at radius 1 is 0.935 bits per heavy atom. The zero-order valence-electron chi connectivity index (χ0n) is 17.1. The molecule has 2 heterocycles. The number of hydrogen-bond acceptors (Lipinski definition) is 4. The van der Waals surface area contributed by atoms with Crippen molar-refractivity contribution in [3.05, 3.63) is 100.0 Å². The first-order valence-corrected chi connectivity index (χ1v) is 10.1. The maximum atomic E-state index is 13.3. The van der Waals surface area contributed by atoms with Gasteiger partial charge in [0.15, 0.2) is 11.6 Å². The number of fused-ring (bicyclic) bond motifs is 3. The summed E-state index contributed by atoms with van der Waals surface area (Å²) in [6.07, 6.45) is 2.39. The van der Waals surface area contributed by atoms with Crippen LogP contribution in [-0.2, 0) is 6.42 Å². The van der Waals surface area contributed by atoms with Crippen LogP contribution >= 0.6 is 0 Å². The monoisotopic (exact) mass is 409 g/mol. The van der Waals surface area contributed by atoms with Crippen LogP contribution < -0.4 is 5.32 Å². The van der Waals surface area contributed by atoms with Gasteiger partial charge in [-0.25, -0.2) is 4.98 Å². The van der Waals surface area contributed by atoms with E-state index in [0.29, 0.717) is 40.2 Å². The van der Waals surface area contributed by atoms with Gasteiger partial charge >= 0.3 is 0 Å². The van der Waals surface area contributed by atoms with E-state index >= 15 is 0 Å². The number of carbonyl (C=O) groups is 3. The Morgan fingerprint density at radius 2 is 1.65 bits per heavy atom. The van der Waals surface area contributed by atoms with Gasteiger partial charge in [-0.05, 0) is 31.0 Å². The van der Waals surface area contributed by atoms with Gasteiger partial charge in [0.05, 0.1) is 16.9 Å². The number of nitrogens with one attached hydrogen (secondary N) is 1. The summed E-state index contributed by atoms with van der Waals surface area (Å²) < 4.78 is 1.77. The van der Waals surface area contributed by atoms with Gasteiger partial charge in [0.2, 0.25) is 0 Å². The molecule has 152 valence electrons. The highest BCUT2D eigenvalue weighted by Gasteiger charge is 2.32. The molecule has 0 unspecified atom stereocenters. The number of rotatable bonds is 3. The van der Waals surface area contributed by atoms with Crippen LogP contribution in [0.2, 0.25) is 0 Å². The first-order chi connectivity index (χ1) is 15.0. The minimum absolute atomic E-state index is 0.221. The highest BCUT2D eigenvalue weighted by molar-refractivity contribution is 6.30. The van der Waals surface area contributed by atoms with Gasteiger partial charge in [-0.2, -0.15) is 0 Å². The van der Waals surface area contributed by atoms with Gasteiger partial charge in [0.25, 0.3) is 5.91 Å². The fourth-order valence-corrected chi connectivity index (χ4v) is 4.17. The summed E-state index contributed by atoms with van der Waals surface area (Å²) in [5.74, 6) is -0.866. The highest BCUT2D eigenvalue weighted by atomic mass is 16.2. The standard InChI is InChI=1S/C25H19N3O3/c1-3-18-21(28-13-7-8-14(2)24(28)26-18)25(31)27-19-12-6-11-17-20(19)23(30)16-10-5-4-9-15(16)22(17)29/h4-13H,3H2,1-2H3,(H,27,31). The molecule has 31 heavy (non-hydrogen) atoms. The maximum Gasteiger partial charge on any atom is 0.274 e. The minimum Gasteiger partial charge on any atom is -0.320 e. The summed E-state index contributed by atoms with van der Waals surface area (Å²) in [6, 6.07) is 15.5. The molecular weight excluding hydrogens is 390 g/mol. The van der Waals surface area contributed by atoms with Crippen molar-refractivity contribution >= 4 is 28.8 Å². The van der Waals surface area contributed by atoms with Crippen LogP contribution in [0.4, 0.5) is 5.69 Å². The number of amides is 1. The number of ketones is 2. The molecule has 0 spiro atoms. The molecule has 0 aliphatic heterocycles. The number of imidazole rings is 1. The number of nitrogens with zero attached hydrogens (tertiary/aromatic N) is 2. The molecule has 2 aromatic carbocycles. The molecule has 1 amide bonds. The zero-order chi connectivity index (χ0) is 21.7. The van der Waals surface area contributed by atoms with Crippen molar-refractivity contribution in [2.75, 3.05) is 5.32 Å². The van der Waals surface area contributed by atoms with E-state index in [4.69, 9.17) is 0 Å². The second kappa shape index (κ2) is 7.02. The first kappa shape index (κ1) is 18.9. The lowest BCUT2D eigenvalue weighted by molar-refractivity contribution is 0.0978. The predicted octanol–water partition coefficient (Wildman–Crippen LogP) is 4.23. The van der Waals surface area contributed by atoms with Crippen LogP contribution in [0, 0.1) is 6.92 Å². The molecule has 1 aliphatic rings. The molecule has 1 aliphatic carbocycles. The van der Waals surface area contributed by atoms with Crippen LogP contribution in [0.1, 0.15) is 60.5 Å². The summed E-state index contributed by atoms with van der Waals surface area (Å²) >= 11 is 0. The molecule has 0 saturated carbocycles. The van der Waals surface area contributed by atoms with Gasteiger partial charge < -0.3 is 5.32 Å². The Bertz CT molecular complexity index is 1420. The molecule has 1 N–H and O–H groups in total. The Labute approximate surface area is 178 Å². The predicted molar refractivity (Wildman–Crippen MR) is 117 cm³/mol. The van der Waals surface area contributed by atoms with E-state index in [2.05, 4.69) is 10.3 Å². The smallest absolute Gasteiger partial charge is 0.274 e. The molecule has 0 saturated heterocycles. The van der Waals surface area contributed by atoms with Gasteiger partial charge in [-0.1, -0.05) is 49.4 Å². The SMILES string of the molecule is CCc1nc2c(C)cccn2c1C(=O)Nc1cccc2c1C(=O)c1ccccc1C2=O. The lowest BCUT2D eigenvalue weighted by Gasteiger charge is -2.20. The van der Waals surface area contributed by atoms with Crippen LogP contribution in [0.3, 0.4) is 0 Å². The molecule has 6 heteroatoms. The van der Waals surface area contributed by atoms with Crippen LogP contribution in [-0.4, -0.2) is 26.9 Å². The van der Waals surface area contributed by atoms with E-state index in [1.807, 2.05) is 26.0 Å². The topological polar surface area (TPSA) is 80.5 Å². The number of anilines is 1. The molecule has 0 atom stereocenters. The van der Waals surface area contributed by atoms with E-state index < -0.39 is 0 Å². The number of carbonyl (C=O) groups excluding carboxylic acids is 3. The molecule has 2 aromatic heterocycles. The number of hydrogen-bond donors (Lipinski definition) is 1. The molecule has 5 rings (SSSR count). The Morgan fingerprint density at radius 3 is 2.39 bits per heavy atom. The number of pyridine rings is 1. The van der Waals surface area contributed by atoms with Crippen molar-refractivity contribution in [2.24, 2.45) is 0 Å². The van der Waals surface area contributed by atoms with Gasteiger partial charge in [0, 0.05) is 22.9 Å². The number of aromatic nitrogens is 2. The van der Waals surface area contributed by atoms with E-state index in [0.717, 1.165) is 11.2 Å². The molecule has 0 bridgehead atoms. The highest BCUT2D eigenvalue weighted by Crippen LogP contribution is 2.32. The van der Waals surface area contributed by atoms with Gasteiger partial charge in [-0.15, -0.1) is 0 Å². The van der Waals surface area contributed by atoms with E-state index in [-0.39, 0.29) is 23.0 Å². The molecule has 0 radical (unpaired) electrons. The summed E-state index contributed by atoms with van der Waals surface area (Å²) in [7, 11) is 0. The maximum absolute atomic E-state index is 13.3. The number of aryl methyl sites for hydroxylation is 2. The third-order valence-corrected chi connectivity index (χ3v) is 5.67. The van der Waals surface area contributed by atoms with Crippen molar-refractivity contribution in [1.29, 1.82) is 0 Å². The minimum atomic E-state index is -0.373. The molecule has 4 aromatic rings. The lowest BCUT2D eigenvalue weighted by Crippen LogP contribution is -2.24. The van der Waals surface area contributed by atoms with Crippen molar-refractivity contribution in [2.45, 2.75) is 20.3 Å². The fraction of sp³-hybridized carbons (Fsp3) is 0.120. The van der Waals surface area contributed by atoms with E-state index in [1.165, 1.54) is 0 Å². The Hall–Kier alpha value is -4.06. The average molecular weight is 409 g/mol. The van der Waals surface area contributed by atoms with Crippen LogP contribution in [0.15, 0.2) is 60.8 Å². The average Bonchev–Trinajstić information content (AvgIpc) is 3.17. The van der Waals surface area contributed by atoms with E-state index in [9.17, 15) is 14.4 Å². The zero-order valence-corrected chi connectivity index (χ0v) is 17.1. The number of benzene rings is 2. The van der Waals surface area contributed by atoms with Crippen molar-refractivity contribution < 1.29 is 14.4 Å². The van der Waals surface area contributed by atoms with Gasteiger partial charge in [0.1, 0.15) is 11.3 Å². The Kier molecular flexibility index (Phi) is 4.29. The summed E-state index contributed by atoms with van der Waals surface area (Å²) in [6.45, 7) is 3.89. The van der Waals surface area contributed by atoms with Crippen molar-refractivity contribution in [1.82, 2.24) is 9.38 Å². The van der Waals surface area contributed by atoms with Crippen LogP contribution in [0.25, 0.3) is 5.65 Å². The molecular formula is C25H19N3O3. The molecule has 6 nitrogen and oxygen atoms in total. The summed E-state index contributed by atoms with van der Waals surface area (Å²) in [4.78, 5) is 44.1. The second-order valence-electron chi connectivity index (χ2n) is 7.53. The first-order valence-electron chi connectivity index (χ1n) is 10.1. The third-order valence-electron chi connectivity index (χ3n) is 5.67. The van der Waals surface area contributed by atoms with Crippen molar-refractivity contribution in [3.8, 4) is 0 Å². The normalized spacial score (nSPS) is 12.6. The Balaban J connectivity index is 1.61. The second-order valence-corrected chi connectivity index (χ2v) is 7.53. The third kappa shape index (κ3) is 2.79. The summed E-state index contributed by atoms with van der Waals surface area (Å²) in [5, 5.41) is 2.87. The largest absolute Gasteiger partial charge is 0.320 e.